The van der Waals surface area contributed by atoms with Crippen LogP contribution in [-0.2, 0) is 4.79 Å². The van der Waals surface area contributed by atoms with Gasteiger partial charge in [0.15, 0.2) is 0 Å². The summed E-state index contributed by atoms with van der Waals surface area (Å²) < 4.78 is 28.3. The smallest absolute Gasteiger partial charge is 0.387 e. The number of ether oxygens (including phenoxy) is 1. The Balaban J connectivity index is 1.97. The number of halogens is 2. The Bertz CT molecular complexity index is 457. The van der Waals surface area contributed by atoms with E-state index >= 15 is 0 Å². The quantitative estimate of drug-likeness (QED) is 0.893. The van der Waals surface area contributed by atoms with Gasteiger partial charge in [-0.2, -0.15) is 8.78 Å². The maximum absolute atomic E-state index is 12.2. The summed E-state index contributed by atoms with van der Waals surface area (Å²) in [5.74, 6) is 0.00997. The Morgan fingerprint density at radius 3 is 2.65 bits per heavy atom. The third kappa shape index (κ3) is 3.66. The average molecular weight is 284 g/mol. The number of carbonyl (C=O) groups is 1. The van der Waals surface area contributed by atoms with Crippen LogP contribution in [0.5, 0.6) is 5.75 Å². The van der Waals surface area contributed by atoms with Crippen molar-refractivity contribution >= 4 is 11.6 Å². The maximum atomic E-state index is 12.2. The fourth-order valence-corrected chi connectivity index (χ4v) is 2.25. The number of piperidine rings is 1. The summed E-state index contributed by atoms with van der Waals surface area (Å²) in [6.45, 7) is 0.652. The van der Waals surface area contributed by atoms with Crippen LogP contribution in [-0.4, -0.2) is 25.6 Å². The fourth-order valence-electron chi connectivity index (χ4n) is 2.25. The monoisotopic (exact) mass is 284 g/mol. The van der Waals surface area contributed by atoms with Crippen LogP contribution in [0, 0.1) is 5.41 Å². The molecule has 20 heavy (non-hydrogen) atoms. The summed E-state index contributed by atoms with van der Waals surface area (Å²) >= 11 is 0. The number of nitrogens with one attached hydrogen (secondary N) is 2. The number of anilines is 1. The van der Waals surface area contributed by atoms with Gasteiger partial charge in [-0.05, 0) is 50.6 Å². The van der Waals surface area contributed by atoms with Crippen LogP contribution in [0.3, 0.4) is 0 Å². The van der Waals surface area contributed by atoms with Gasteiger partial charge in [-0.25, -0.2) is 0 Å². The van der Waals surface area contributed by atoms with E-state index in [4.69, 9.17) is 0 Å². The van der Waals surface area contributed by atoms with Crippen LogP contribution in [0.25, 0.3) is 0 Å². The molecule has 1 saturated heterocycles. The molecule has 1 aliphatic rings. The summed E-state index contributed by atoms with van der Waals surface area (Å²) in [7, 11) is 0. The number of benzene rings is 1. The molecule has 0 spiro atoms. The molecule has 1 amide bonds. The highest BCUT2D eigenvalue weighted by Crippen LogP contribution is 2.27. The van der Waals surface area contributed by atoms with Crippen molar-refractivity contribution in [3.05, 3.63) is 24.3 Å². The molecule has 0 saturated carbocycles. The number of hydrogen-bond acceptors (Lipinski definition) is 3. The highest BCUT2D eigenvalue weighted by molar-refractivity contribution is 5.95. The largest absolute Gasteiger partial charge is 0.435 e. The molecule has 1 aliphatic heterocycles. The Morgan fingerprint density at radius 1 is 1.40 bits per heavy atom. The number of hydrogen-bond donors (Lipinski definition) is 2. The van der Waals surface area contributed by atoms with Crippen molar-refractivity contribution in [2.24, 2.45) is 5.41 Å². The molecule has 0 aromatic heterocycles. The topological polar surface area (TPSA) is 50.4 Å². The third-order valence-corrected chi connectivity index (χ3v) is 3.48. The second-order valence-electron chi connectivity index (χ2n) is 5.20. The first-order valence-electron chi connectivity index (χ1n) is 6.57. The fraction of sp³-hybridized carbons (Fsp3) is 0.500. The Kier molecular flexibility index (Phi) is 4.54. The lowest BCUT2D eigenvalue weighted by atomic mass is 9.82. The predicted octanol–water partition coefficient (Wildman–Crippen LogP) is 2.62. The lowest BCUT2D eigenvalue weighted by Gasteiger charge is -2.32. The predicted molar refractivity (Wildman–Crippen MR) is 71.9 cm³/mol. The molecule has 1 atom stereocenters. The average Bonchev–Trinajstić information content (AvgIpc) is 2.41. The molecule has 1 aromatic rings. The lowest BCUT2D eigenvalue weighted by Crippen LogP contribution is -2.46. The minimum atomic E-state index is -2.84. The van der Waals surface area contributed by atoms with Crippen molar-refractivity contribution in [2.45, 2.75) is 26.4 Å². The molecule has 1 fully saturated rings. The van der Waals surface area contributed by atoms with E-state index < -0.39 is 12.0 Å². The number of amides is 1. The minimum absolute atomic E-state index is 0.0628. The van der Waals surface area contributed by atoms with Gasteiger partial charge in [0.05, 0.1) is 5.41 Å². The molecule has 6 heteroatoms. The van der Waals surface area contributed by atoms with E-state index in [2.05, 4.69) is 15.4 Å². The molecular weight excluding hydrogens is 266 g/mol. The standard InChI is InChI=1S/C14H18F2N2O2/c1-14(7-2-8-17-9-14)12(19)18-10-3-5-11(6-4-10)20-13(15)16/h3-6,13,17H,2,7-9H2,1H3,(H,18,19). The Labute approximate surface area is 116 Å². The molecule has 0 aliphatic carbocycles. The zero-order chi connectivity index (χ0) is 14.6. The van der Waals surface area contributed by atoms with E-state index in [0.29, 0.717) is 12.2 Å². The highest BCUT2D eigenvalue weighted by Gasteiger charge is 2.34. The molecule has 1 unspecified atom stereocenters. The van der Waals surface area contributed by atoms with E-state index in [1.54, 1.807) is 12.1 Å². The van der Waals surface area contributed by atoms with E-state index in [1.807, 2.05) is 6.92 Å². The van der Waals surface area contributed by atoms with Gasteiger partial charge in [0, 0.05) is 12.2 Å². The lowest BCUT2D eigenvalue weighted by molar-refractivity contribution is -0.125. The summed E-state index contributed by atoms with van der Waals surface area (Å²) in [5.41, 5.74) is 0.138. The molecule has 0 radical (unpaired) electrons. The van der Waals surface area contributed by atoms with Crippen LogP contribution in [0.2, 0.25) is 0 Å². The van der Waals surface area contributed by atoms with Crippen LogP contribution in [0.4, 0.5) is 14.5 Å². The normalized spacial score (nSPS) is 22.6. The van der Waals surface area contributed by atoms with Gasteiger partial charge in [-0.15, -0.1) is 0 Å². The first-order valence-corrected chi connectivity index (χ1v) is 6.57. The molecule has 2 N–H and O–H groups in total. The molecule has 0 bridgehead atoms. The van der Waals surface area contributed by atoms with E-state index in [0.717, 1.165) is 19.4 Å². The number of alkyl halides is 2. The molecule has 1 heterocycles. The van der Waals surface area contributed by atoms with Gasteiger partial charge in [-0.1, -0.05) is 0 Å². The SMILES string of the molecule is CC1(C(=O)Nc2ccc(OC(F)F)cc2)CCCNC1. The van der Waals surface area contributed by atoms with Crippen LogP contribution in [0.1, 0.15) is 19.8 Å². The van der Waals surface area contributed by atoms with Crippen molar-refractivity contribution in [2.75, 3.05) is 18.4 Å². The van der Waals surface area contributed by atoms with Crippen LogP contribution < -0.4 is 15.4 Å². The Hall–Kier alpha value is -1.69. The van der Waals surface area contributed by atoms with Gasteiger partial charge >= 0.3 is 6.61 Å². The van der Waals surface area contributed by atoms with E-state index in [1.165, 1.54) is 12.1 Å². The van der Waals surface area contributed by atoms with Crippen LogP contribution in [0.15, 0.2) is 24.3 Å². The third-order valence-electron chi connectivity index (χ3n) is 3.48. The minimum Gasteiger partial charge on any atom is -0.435 e. The molecule has 1 aromatic carbocycles. The molecule has 2 rings (SSSR count). The van der Waals surface area contributed by atoms with Gasteiger partial charge in [0.2, 0.25) is 5.91 Å². The molecule has 4 nitrogen and oxygen atoms in total. The van der Waals surface area contributed by atoms with Gasteiger partial charge in [0.25, 0.3) is 0 Å². The number of rotatable bonds is 4. The first-order chi connectivity index (χ1) is 9.49. The van der Waals surface area contributed by atoms with Gasteiger partial charge in [-0.3, -0.25) is 4.79 Å². The van der Waals surface area contributed by atoms with Gasteiger partial charge < -0.3 is 15.4 Å². The van der Waals surface area contributed by atoms with E-state index in [-0.39, 0.29) is 11.7 Å². The number of carbonyl (C=O) groups excluding carboxylic acids is 1. The van der Waals surface area contributed by atoms with Crippen LogP contribution >= 0.6 is 0 Å². The van der Waals surface area contributed by atoms with Crippen molar-refractivity contribution < 1.29 is 18.3 Å². The first kappa shape index (κ1) is 14.7. The maximum Gasteiger partial charge on any atom is 0.387 e. The molecular formula is C14H18F2N2O2. The summed E-state index contributed by atoms with van der Waals surface area (Å²) in [6.07, 6.45) is 1.80. The second kappa shape index (κ2) is 6.17. The Morgan fingerprint density at radius 2 is 2.10 bits per heavy atom. The van der Waals surface area contributed by atoms with Crippen molar-refractivity contribution in [3.63, 3.8) is 0 Å². The second-order valence-corrected chi connectivity index (χ2v) is 5.20. The summed E-state index contributed by atoms with van der Waals surface area (Å²) in [6, 6.07) is 5.91. The van der Waals surface area contributed by atoms with E-state index in [9.17, 15) is 13.6 Å². The highest BCUT2D eigenvalue weighted by atomic mass is 19.3. The van der Waals surface area contributed by atoms with Crippen molar-refractivity contribution in [1.82, 2.24) is 5.32 Å². The zero-order valence-electron chi connectivity index (χ0n) is 11.3. The van der Waals surface area contributed by atoms with Crippen molar-refractivity contribution in [3.8, 4) is 5.75 Å². The molecule has 110 valence electrons. The summed E-state index contributed by atoms with van der Waals surface area (Å²) in [5, 5.41) is 6.02. The van der Waals surface area contributed by atoms with Gasteiger partial charge in [0.1, 0.15) is 5.75 Å². The summed E-state index contributed by atoms with van der Waals surface area (Å²) in [4.78, 5) is 12.2. The van der Waals surface area contributed by atoms with Crippen molar-refractivity contribution in [1.29, 1.82) is 0 Å². The zero-order valence-corrected chi connectivity index (χ0v) is 11.3.